The molecule has 1 aliphatic heterocycles. The lowest BCUT2D eigenvalue weighted by molar-refractivity contribution is -0.131. The Hall–Kier alpha value is -1.55. The molecule has 1 heterocycles. The van der Waals surface area contributed by atoms with Gasteiger partial charge in [-0.25, -0.2) is 0 Å². The van der Waals surface area contributed by atoms with Crippen molar-refractivity contribution >= 4 is 11.6 Å². The zero-order valence-corrected chi connectivity index (χ0v) is 13.2. The fourth-order valence-electron chi connectivity index (χ4n) is 3.01. The average molecular weight is 289 g/mol. The maximum absolute atomic E-state index is 12.7. The van der Waals surface area contributed by atoms with Crippen LogP contribution in [0.4, 0.5) is 5.69 Å². The Bertz CT molecular complexity index is 469. The third-order valence-corrected chi connectivity index (χ3v) is 4.27. The molecular formula is C17H27N3O. The average Bonchev–Trinajstić information content (AvgIpc) is 3.02. The predicted octanol–water partition coefficient (Wildman–Crippen LogP) is 2.16. The van der Waals surface area contributed by atoms with Gasteiger partial charge in [-0.05, 0) is 51.3 Å². The van der Waals surface area contributed by atoms with E-state index in [4.69, 9.17) is 5.73 Å². The summed E-state index contributed by atoms with van der Waals surface area (Å²) in [7, 11) is 0. The first kappa shape index (κ1) is 15.8. The number of likely N-dealkylation sites (tertiary alicyclic amines) is 1. The highest BCUT2D eigenvalue weighted by molar-refractivity contribution is 5.85. The van der Waals surface area contributed by atoms with Crippen molar-refractivity contribution in [2.24, 2.45) is 5.73 Å². The van der Waals surface area contributed by atoms with Gasteiger partial charge in [0.05, 0.1) is 0 Å². The Labute approximate surface area is 127 Å². The van der Waals surface area contributed by atoms with Gasteiger partial charge in [-0.2, -0.15) is 0 Å². The topological polar surface area (TPSA) is 49.6 Å². The van der Waals surface area contributed by atoms with Crippen LogP contribution in [0.5, 0.6) is 0 Å². The number of carbonyl (C=O) groups is 1. The molecule has 0 aromatic heterocycles. The third-order valence-electron chi connectivity index (χ3n) is 4.27. The van der Waals surface area contributed by atoms with E-state index in [1.54, 1.807) is 0 Å². The minimum Gasteiger partial charge on any atom is -0.360 e. The summed E-state index contributed by atoms with van der Waals surface area (Å²) < 4.78 is 0. The van der Waals surface area contributed by atoms with Gasteiger partial charge in [0.25, 0.3) is 0 Å². The van der Waals surface area contributed by atoms with Crippen molar-refractivity contribution in [3.8, 4) is 0 Å². The molecule has 2 rings (SSSR count). The maximum atomic E-state index is 12.7. The number of carbonyl (C=O) groups excluding carboxylic acids is 1. The molecule has 1 aromatic carbocycles. The Morgan fingerprint density at radius 3 is 2.62 bits per heavy atom. The molecule has 0 spiro atoms. The SMILES string of the molecule is Cc1ccccc1N(CCCN)C(C)C(=O)N1CCCC1. The van der Waals surface area contributed by atoms with E-state index in [-0.39, 0.29) is 11.9 Å². The van der Waals surface area contributed by atoms with Crippen molar-refractivity contribution < 1.29 is 4.79 Å². The van der Waals surface area contributed by atoms with E-state index < -0.39 is 0 Å². The molecule has 4 nitrogen and oxygen atoms in total. The number of hydrogen-bond donors (Lipinski definition) is 1. The molecule has 0 aliphatic carbocycles. The van der Waals surface area contributed by atoms with Gasteiger partial charge in [0, 0.05) is 25.3 Å². The van der Waals surface area contributed by atoms with Crippen molar-refractivity contribution in [1.29, 1.82) is 0 Å². The first-order valence-corrected chi connectivity index (χ1v) is 7.96. The summed E-state index contributed by atoms with van der Waals surface area (Å²) in [4.78, 5) is 16.9. The van der Waals surface area contributed by atoms with Gasteiger partial charge < -0.3 is 15.5 Å². The van der Waals surface area contributed by atoms with Crippen LogP contribution in [0.1, 0.15) is 31.7 Å². The number of benzene rings is 1. The molecule has 2 N–H and O–H groups in total. The van der Waals surface area contributed by atoms with Gasteiger partial charge in [-0.15, -0.1) is 0 Å². The molecular weight excluding hydrogens is 262 g/mol. The molecule has 21 heavy (non-hydrogen) atoms. The molecule has 1 unspecified atom stereocenters. The quantitative estimate of drug-likeness (QED) is 0.873. The largest absolute Gasteiger partial charge is 0.360 e. The van der Waals surface area contributed by atoms with Crippen LogP contribution in [0, 0.1) is 6.92 Å². The van der Waals surface area contributed by atoms with Crippen LogP contribution in [0.2, 0.25) is 0 Å². The van der Waals surface area contributed by atoms with Crippen LogP contribution in [-0.2, 0) is 4.79 Å². The second-order valence-corrected chi connectivity index (χ2v) is 5.83. The number of nitrogens with two attached hydrogens (primary N) is 1. The zero-order valence-electron chi connectivity index (χ0n) is 13.2. The summed E-state index contributed by atoms with van der Waals surface area (Å²) in [6, 6.07) is 8.13. The Balaban J connectivity index is 2.18. The number of aryl methyl sites for hydroxylation is 1. The van der Waals surface area contributed by atoms with E-state index in [9.17, 15) is 4.79 Å². The van der Waals surface area contributed by atoms with Gasteiger partial charge >= 0.3 is 0 Å². The fourth-order valence-corrected chi connectivity index (χ4v) is 3.01. The van der Waals surface area contributed by atoms with Gasteiger partial charge in [0.2, 0.25) is 5.91 Å². The summed E-state index contributed by atoms with van der Waals surface area (Å²) in [5.41, 5.74) is 8.02. The number of anilines is 1. The predicted molar refractivity (Wildman–Crippen MR) is 87.5 cm³/mol. The van der Waals surface area contributed by atoms with E-state index in [0.717, 1.165) is 44.6 Å². The van der Waals surface area contributed by atoms with Crippen LogP contribution in [0.15, 0.2) is 24.3 Å². The second kappa shape index (κ2) is 7.46. The third kappa shape index (κ3) is 3.76. The Morgan fingerprint density at radius 2 is 2.00 bits per heavy atom. The van der Waals surface area contributed by atoms with Gasteiger partial charge in [-0.1, -0.05) is 18.2 Å². The second-order valence-electron chi connectivity index (χ2n) is 5.83. The molecule has 1 saturated heterocycles. The number of para-hydroxylation sites is 1. The monoisotopic (exact) mass is 289 g/mol. The summed E-state index contributed by atoms with van der Waals surface area (Å²) in [5, 5.41) is 0. The van der Waals surface area contributed by atoms with Crippen LogP contribution in [0.3, 0.4) is 0 Å². The Morgan fingerprint density at radius 1 is 1.33 bits per heavy atom. The van der Waals surface area contributed by atoms with Crippen molar-refractivity contribution in [1.82, 2.24) is 4.90 Å². The smallest absolute Gasteiger partial charge is 0.244 e. The van der Waals surface area contributed by atoms with E-state index >= 15 is 0 Å². The molecule has 1 atom stereocenters. The molecule has 0 radical (unpaired) electrons. The van der Waals surface area contributed by atoms with E-state index in [1.807, 2.05) is 24.0 Å². The summed E-state index contributed by atoms with van der Waals surface area (Å²) >= 11 is 0. The molecule has 0 bridgehead atoms. The minimum atomic E-state index is -0.129. The normalized spacial score (nSPS) is 16.0. The van der Waals surface area contributed by atoms with Crippen molar-refractivity contribution in [3.05, 3.63) is 29.8 Å². The lowest BCUT2D eigenvalue weighted by Gasteiger charge is -2.34. The lowest BCUT2D eigenvalue weighted by Crippen LogP contribution is -2.47. The van der Waals surface area contributed by atoms with Crippen molar-refractivity contribution in [3.63, 3.8) is 0 Å². The van der Waals surface area contributed by atoms with Gasteiger partial charge in [0.1, 0.15) is 6.04 Å². The molecule has 1 aliphatic rings. The van der Waals surface area contributed by atoms with E-state index in [2.05, 4.69) is 24.0 Å². The number of amides is 1. The summed E-state index contributed by atoms with van der Waals surface area (Å²) in [5.74, 6) is 0.243. The molecule has 1 aromatic rings. The zero-order chi connectivity index (χ0) is 15.2. The highest BCUT2D eigenvalue weighted by atomic mass is 16.2. The maximum Gasteiger partial charge on any atom is 0.244 e. The van der Waals surface area contributed by atoms with Crippen LogP contribution >= 0.6 is 0 Å². The molecule has 0 saturated carbocycles. The summed E-state index contributed by atoms with van der Waals surface area (Å²) in [6.45, 7) is 7.39. The van der Waals surface area contributed by atoms with Gasteiger partial charge in [-0.3, -0.25) is 4.79 Å². The van der Waals surface area contributed by atoms with Crippen LogP contribution < -0.4 is 10.6 Å². The lowest BCUT2D eigenvalue weighted by atomic mass is 10.1. The van der Waals surface area contributed by atoms with E-state index in [0.29, 0.717) is 6.54 Å². The number of hydrogen-bond acceptors (Lipinski definition) is 3. The van der Waals surface area contributed by atoms with Gasteiger partial charge in [0.15, 0.2) is 0 Å². The number of nitrogens with zero attached hydrogens (tertiary/aromatic N) is 2. The molecule has 1 fully saturated rings. The molecule has 116 valence electrons. The first-order valence-electron chi connectivity index (χ1n) is 7.96. The minimum absolute atomic E-state index is 0.129. The highest BCUT2D eigenvalue weighted by Crippen LogP contribution is 2.23. The van der Waals surface area contributed by atoms with Crippen molar-refractivity contribution in [2.75, 3.05) is 31.1 Å². The van der Waals surface area contributed by atoms with Crippen LogP contribution in [-0.4, -0.2) is 43.0 Å². The number of rotatable bonds is 6. The van der Waals surface area contributed by atoms with Crippen LogP contribution in [0.25, 0.3) is 0 Å². The molecule has 4 heteroatoms. The highest BCUT2D eigenvalue weighted by Gasteiger charge is 2.28. The van der Waals surface area contributed by atoms with E-state index in [1.165, 1.54) is 5.56 Å². The first-order chi connectivity index (χ1) is 10.1. The summed E-state index contributed by atoms with van der Waals surface area (Å²) in [6.07, 6.45) is 3.16. The fraction of sp³-hybridized carbons (Fsp3) is 0.588. The molecule has 1 amide bonds. The standard InChI is InChI=1S/C17H27N3O/c1-14-8-3-4-9-16(14)20(13-7-10-18)15(2)17(21)19-11-5-6-12-19/h3-4,8-9,15H,5-7,10-13,18H2,1-2H3. The Kier molecular flexibility index (Phi) is 5.62. The van der Waals surface area contributed by atoms with Crippen molar-refractivity contribution in [2.45, 2.75) is 39.2 Å².